The van der Waals surface area contributed by atoms with Crippen LogP contribution in [0.3, 0.4) is 0 Å². The Labute approximate surface area is 146 Å². The van der Waals surface area contributed by atoms with E-state index in [0.717, 1.165) is 25.0 Å². The molecule has 7 heteroatoms. The van der Waals surface area contributed by atoms with Crippen LogP contribution in [-0.4, -0.2) is 39.8 Å². The Kier molecular flexibility index (Phi) is 4.65. The number of nitrogens with one attached hydrogen (secondary N) is 2. The Bertz CT molecular complexity index is 713. The fraction of sp³-hybridized carbons (Fsp3) is 0.500. The highest BCUT2D eigenvalue weighted by Crippen LogP contribution is 2.38. The molecule has 25 heavy (non-hydrogen) atoms. The van der Waals surface area contributed by atoms with Gasteiger partial charge in [-0.3, -0.25) is 5.32 Å². The summed E-state index contributed by atoms with van der Waals surface area (Å²) in [6.07, 6.45) is 6.33. The van der Waals surface area contributed by atoms with E-state index in [-0.39, 0.29) is 12.1 Å². The minimum absolute atomic E-state index is 0.165. The lowest BCUT2D eigenvalue weighted by atomic mass is 10.0. The van der Waals surface area contributed by atoms with E-state index in [0.29, 0.717) is 24.4 Å². The summed E-state index contributed by atoms with van der Waals surface area (Å²) < 4.78 is 7.51. The SMILES string of the molecule is O=C(Nc1cn(Cc2ccccc2)nn1)NC1CCOC(C2CC2)C1. The van der Waals surface area contributed by atoms with Crippen molar-refractivity contribution in [3.05, 3.63) is 42.1 Å². The van der Waals surface area contributed by atoms with Gasteiger partial charge >= 0.3 is 6.03 Å². The van der Waals surface area contributed by atoms with Crippen molar-refractivity contribution in [2.24, 2.45) is 5.92 Å². The second kappa shape index (κ2) is 7.23. The molecule has 1 aromatic heterocycles. The van der Waals surface area contributed by atoms with Gasteiger partial charge in [0.25, 0.3) is 0 Å². The van der Waals surface area contributed by atoms with Crippen molar-refractivity contribution in [1.29, 1.82) is 0 Å². The molecule has 0 spiro atoms. The van der Waals surface area contributed by atoms with Crippen LogP contribution in [0.25, 0.3) is 0 Å². The fourth-order valence-electron chi connectivity index (χ4n) is 3.30. The molecular weight excluding hydrogens is 318 g/mol. The van der Waals surface area contributed by atoms with Crippen LogP contribution in [-0.2, 0) is 11.3 Å². The van der Waals surface area contributed by atoms with Crippen LogP contribution in [0.4, 0.5) is 10.6 Å². The summed E-state index contributed by atoms with van der Waals surface area (Å²) in [6.45, 7) is 1.35. The first-order valence-corrected chi connectivity index (χ1v) is 8.89. The zero-order valence-corrected chi connectivity index (χ0v) is 14.1. The Hall–Kier alpha value is -2.41. The van der Waals surface area contributed by atoms with Gasteiger partial charge in [-0.1, -0.05) is 35.5 Å². The number of anilines is 1. The summed E-state index contributed by atoms with van der Waals surface area (Å²) >= 11 is 0. The number of ether oxygens (including phenoxy) is 1. The van der Waals surface area contributed by atoms with Gasteiger partial charge in [-0.25, -0.2) is 9.48 Å². The number of benzene rings is 1. The van der Waals surface area contributed by atoms with Crippen LogP contribution in [0.1, 0.15) is 31.2 Å². The minimum Gasteiger partial charge on any atom is -0.378 e. The van der Waals surface area contributed by atoms with Gasteiger partial charge < -0.3 is 10.1 Å². The normalized spacial score (nSPS) is 23.2. The molecule has 2 aliphatic rings. The van der Waals surface area contributed by atoms with Crippen molar-refractivity contribution in [2.75, 3.05) is 11.9 Å². The molecule has 7 nitrogen and oxygen atoms in total. The van der Waals surface area contributed by atoms with E-state index in [1.54, 1.807) is 10.9 Å². The number of carbonyl (C=O) groups excluding carboxylic acids is 1. The minimum atomic E-state index is -0.229. The zero-order chi connectivity index (χ0) is 17.1. The largest absolute Gasteiger partial charge is 0.378 e. The molecule has 1 saturated heterocycles. The van der Waals surface area contributed by atoms with Gasteiger partial charge in [0, 0.05) is 12.6 Å². The lowest BCUT2D eigenvalue weighted by molar-refractivity contribution is -0.00889. The van der Waals surface area contributed by atoms with Gasteiger partial charge in [0.1, 0.15) is 0 Å². The first-order chi connectivity index (χ1) is 12.3. The van der Waals surface area contributed by atoms with Crippen LogP contribution < -0.4 is 10.6 Å². The molecule has 2 atom stereocenters. The van der Waals surface area contributed by atoms with Crippen molar-refractivity contribution in [3.63, 3.8) is 0 Å². The number of aromatic nitrogens is 3. The van der Waals surface area contributed by atoms with E-state index in [9.17, 15) is 4.79 Å². The quantitative estimate of drug-likeness (QED) is 0.875. The van der Waals surface area contributed by atoms with Crippen molar-refractivity contribution in [3.8, 4) is 0 Å². The number of carbonyl (C=O) groups is 1. The molecule has 2 amide bonds. The lowest BCUT2D eigenvalue weighted by Gasteiger charge is -2.30. The van der Waals surface area contributed by atoms with Crippen molar-refractivity contribution in [2.45, 2.75) is 44.4 Å². The molecule has 132 valence electrons. The van der Waals surface area contributed by atoms with Gasteiger partial charge in [0.05, 0.1) is 18.8 Å². The van der Waals surface area contributed by atoms with Crippen LogP contribution >= 0.6 is 0 Å². The average molecular weight is 341 g/mol. The van der Waals surface area contributed by atoms with Crippen LogP contribution in [0.15, 0.2) is 36.5 Å². The zero-order valence-electron chi connectivity index (χ0n) is 14.1. The van der Waals surface area contributed by atoms with Crippen molar-refractivity contribution >= 4 is 11.8 Å². The number of hydrogen-bond acceptors (Lipinski definition) is 4. The van der Waals surface area contributed by atoms with E-state index in [2.05, 4.69) is 20.9 Å². The summed E-state index contributed by atoms with van der Waals surface area (Å²) in [4.78, 5) is 12.2. The summed E-state index contributed by atoms with van der Waals surface area (Å²) in [5.74, 6) is 1.16. The molecule has 2 N–H and O–H groups in total. The van der Waals surface area contributed by atoms with E-state index >= 15 is 0 Å². The number of amides is 2. The molecule has 0 bridgehead atoms. The van der Waals surface area contributed by atoms with Gasteiger partial charge in [0.15, 0.2) is 5.82 Å². The van der Waals surface area contributed by atoms with Crippen LogP contribution in [0, 0.1) is 5.92 Å². The summed E-state index contributed by atoms with van der Waals surface area (Å²) in [7, 11) is 0. The smallest absolute Gasteiger partial charge is 0.320 e. The third-order valence-electron chi connectivity index (χ3n) is 4.77. The van der Waals surface area contributed by atoms with E-state index in [1.807, 2.05) is 30.3 Å². The maximum Gasteiger partial charge on any atom is 0.320 e. The number of hydrogen-bond donors (Lipinski definition) is 2. The van der Waals surface area contributed by atoms with Crippen molar-refractivity contribution in [1.82, 2.24) is 20.3 Å². The van der Waals surface area contributed by atoms with Gasteiger partial charge in [-0.05, 0) is 37.2 Å². The highest BCUT2D eigenvalue weighted by molar-refractivity contribution is 5.88. The van der Waals surface area contributed by atoms with E-state index < -0.39 is 0 Å². The predicted molar refractivity (Wildman–Crippen MR) is 93.2 cm³/mol. The monoisotopic (exact) mass is 341 g/mol. The van der Waals surface area contributed by atoms with Crippen LogP contribution in [0.5, 0.6) is 0 Å². The molecular formula is C18H23N5O2. The molecule has 1 saturated carbocycles. The topological polar surface area (TPSA) is 81.1 Å². The maximum atomic E-state index is 12.2. The molecule has 1 aromatic carbocycles. The van der Waals surface area contributed by atoms with Crippen molar-refractivity contribution < 1.29 is 9.53 Å². The molecule has 2 fully saturated rings. The third kappa shape index (κ3) is 4.36. The van der Waals surface area contributed by atoms with Gasteiger partial charge in [0.2, 0.25) is 0 Å². The van der Waals surface area contributed by atoms with E-state index in [1.165, 1.54) is 12.8 Å². The summed E-state index contributed by atoms with van der Waals surface area (Å²) in [5, 5.41) is 13.9. The van der Waals surface area contributed by atoms with Gasteiger partial charge in [-0.2, -0.15) is 0 Å². The standard InChI is InChI=1S/C18H23N5O2/c24-18(19-15-8-9-25-16(10-15)14-6-7-14)20-17-12-23(22-21-17)11-13-4-2-1-3-5-13/h1-5,12,14-16H,6-11H2,(H2,19,20,24). The average Bonchev–Trinajstić information content (AvgIpc) is 3.38. The molecule has 2 aromatic rings. The molecule has 2 heterocycles. The Morgan fingerprint density at radius 3 is 2.88 bits per heavy atom. The second-order valence-corrected chi connectivity index (χ2v) is 6.85. The highest BCUT2D eigenvalue weighted by Gasteiger charge is 2.36. The predicted octanol–water partition coefficient (Wildman–Crippen LogP) is 2.41. The molecule has 1 aliphatic heterocycles. The van der Waals surface area contributed by atoms with E-state index in [4.69, 9.17) is 4.74 Å². The first-order valence-electron chi connectivity index (χ1n) is 8.89. The van der Waals surface area contributed by atoms with Crippen LogP contribution in [0.2, 0.25) is 0 Å². The Morgan fingerprint density at radius 2 is 2.08 bits per heavy atom. The number of nitrogens with zero attached hydrogens (tertiary/aromatic N) is 3. The third-order valence-corrected chi connectivity index (χ3v) is 4.77. The second-order valence-electron chi connectivity index (χ2n) is 6.85. The highest BCUT2D eigenvalue weighted by atomic mass is 16.5. The maximum absolute atomic E-state index is 12.2. The molecule has 2 unspecified atom stereocenters. The molecule has 1 aliphatic carbocycles. The summed E-state index contributed by atoms with van der Waals surface area (Å²) in [5.41, 5.74) is 1.14. The Balaban J connectivity index is 1.27. The summed E-state index contributed by atoms with van der Waals surface area (Å²) in [6, 6.07) is 9.95. The first kappa shape index (κ1) is 16.1. The molecule has 4 rings (SSSR count). The Morgan fingerprint density at radius 1 is 1.24 bits per heavy atom. The number of rotatable bonds is 5. The fourth-order valence-corrected chi connectivity index (χ4v) is 3.30. The number of urea groups is 1. The van der Waals surface area contributed by atoms with Gasteiger partial charge in [-0.15, -0.1) is 5.10 Å². The molecule has 0 radical (unpaired) electrons. The lowest BCUT2D eigenvalue weighted by Crippen LogP contribution is -2.44.